The molecule has 1 atom stereocenters. The predicted octanol–water partition coefficient (Wildman–Crippen LogP) is -0.602. The van der Waals surface area contributed by atoms with Crippen LogP contribution in [0.25, 0.3) is 0 Å². The minimum atomic E-state index is -0.782. The molecule has 2 nitrogen and oxygen atoms in total. The SMILES string of the molecule is O[CH]1CC=[N][In]1. The Labute approximate surface area is 48.0 Å². The minimum absolute atomic E-state index is 0.0141. The zero-order valence-corrected chi connectivity index (χ0v) is 6.63. The predicted molar refractivity (Wildman–Crippen MR) is 24.9 cm³/mol. The van der Waals surface area contributed by atoms with E-state index in [0.29, 0.717) is 0 Å². The zero-order valence-electron chi connectivity index (χ0n) is 3.33. The Balaban J connectivity index is 2.32. The first-order valence-corrected chi connectivity index (χ1v) is 5.30. The fraction of sp³-hybridized carbons (Fsp3) is 0.667. The monoisotopic (exact) mass is 186 g/mol. The Bertz CT molecular complexity index is 65.2. The van der Waals surface area contributed by atoms with E-state index in [0.717, 1.165) is 6.42 Å². The molecule has 0 saturated carbocycles. The van der Waals surface area contributed by atoms with Gasteiger partial charge in [0.15, 0.2) is 0 Å². The van der Waals surface area contributed by atoms with Gasteiger partial charge in [0.1, 0.15) is 0 Å². The first-order valence-electron chi connectivity index (χ1n) is 1.92. The summed E-state index contributed by atoms with van der Waals surface area (Å²) in [6.45, 7) is 0. The zero-order chi connectivity index (χ0) is 4.41. The fourth-order valence-corrected chi connectivity index (χ4v) is 2.35. The van der Waals surface area contributed by atoms with Gasteiger partial charge < -0.3 is 0 Å². The van der Waals surface area contributed by atoms with E-state index in [1.54, 1.807) is 0 Å². The van der Waals surface area contributed by atoms with Crippen molar-refractivity contribution in [3.05, 3.63) is 0 Å². The molecule has 0 aromatic heterocycles. The van der Waals surface area contributed by atoms with Crippen LogP contribution in [0.4, 0.5) is 0 Å². The Morgan fingerprint density at radius 2 is 2.83 bits per heavy atom. The molecule has 31 valence electrons. The summed E-state index contributed by atoms with van der Waals surface area (Å²) in [4.78, 5) is 0. The van der Waals surface area contributed by atoms with E-state index in [1.165, 1.54) is 0 Å². The number of hydrogen-bond donors (Lipinski definition) is 1. The van der Waals surface area contributed by atoms with Gasteiger partial charge in [0, 0.05) is 0 Å². The number of aliphatic hydroxyl groups is 1. The average molecular weight is 186 g/mol. The molecule has 6 heavy (non-hydrogen) atoms. The van der Waals surface area contributed by atoms with Crippen LogP contribution in [0.3, 0.4) is 0 Å². The Morgan fingerprint density at radius 3 is 3.00 bits per heavy atom. The van der Waals surface area contributed by atoms with E-state index < -0.39 is 23.2 Å². The van der Waals surface area contributed by atoms with Gasteiger partial charge in [0.2, 0.25) is 0 Å². The van der Waals surface area contributed by atoms with Crippen LogP contribution in [0, 0.1) is 0 Å². The summed E-state index contributed by atoms with van der Waals surface area (Å²) in [5.74, 6) is 0. The molecule has 1 aliphatic rings. The van der Waals surface area contributed by atoms with Crippen LogP contribution in [0.5, 0.6) is 0 Å². The van der Waals surface area contributed by atoms with Gasteiger partial charge >= 0.3 is 47.8 Å². The van der Waals surface area contributed by atoms with Crippen molar-refractivity contribution in [3.8, 4) is 0 Å². The molecule has 0 aliphatic carbocycles. The van der Waals surface area contributed by atoms with Crippen LogP contribution < -0.4 is 0 Å². The summed E-state index contributed by atoms with van der Waals surface area (Å²) in [7, 11) is 0. The first-order chi connectivity index (χ1) is 2.89. The molecule has 0 bridgehead atoms. The van der Waals surface area contributed by atoms with Gasteiger partial charge in [0.25, 0.3) is 0 Å². The third-order valence-electron chi connectivity index (χ3n) is 0.710. The van der Waals surface area contributed by atoms with Crippen LogP contribution in [0.2, 0.25) is 0 Å². The van der Waals surface area contributed by atoms with Crippen molar-refractivity contribution in [2.24, 2.45) is 2.98 Å². The topological polar surface area (TPSA) is 32.6 Å². The second-order valence-electron chi connectivity index (χ2n) is 1.28. The van der Waals surface area contributed by atoms with Gasteiger partial charge in [0.05, 0.1) is 0 Å². The molecule has 0 aromatic rings. The summed E-state index contributed by atoms with van der Waals surface area (Å²) in [6, 6.07) is 0. The average Bonchev–Trinajstić information content (AvgIpc) is 1.86. The molecule has 1 heterocycles. The number of rotatable bonds is 0. The second-order valence-corrected chi connectivity index (χ2v) is 5.18. The summed E-state index contributed by atoms with van der Waals surface area (Å²) >= 11 is -0.782. The Kier molecular flexibility index (Phi) is 1.54. The molecular formula is C3H5InNO. The van der Waals surface area contributed by atoms with E-state index in [-0.39, 0.29) is 3.86 Å². The maximum atomic E-state index is 8.69. The number of aliphatic hydroxyl groups excluding tert-OH is 1. The third-order valence-corrected chi connectivity index (χ3v) is 3.56. The van der Waals surface area contributed by atoms with Gasteiger partial charge in [-0.15, -0.1) is 0 Å². The molecule has 0 saturated heterocycles. The summed E-state index contributed by atoms with van der Waals surface area (Å²) < 4.78 is 3.99. The summed E-state index contributed by atoms with van der Waals surface area (Å²) in [6.07, 6.45) is 2.67. The van der Waals surface area contributed by atoms with E-state index in [4.69, 9.17) is 5.11 Å². The first kappa shape index (κ1) is 4.65. The molecule has 0 spiro atoms. The molecule has 0 fully saturated rings. The van der Waals surface area contributed by atoms with Crippen molar-refractivity contribution in [3.63, 3.8) is 0 Å². The quantitative estimate of drug-likeness (QED) is 0.538. The van der Waals surface area contributed by atoms with E-state index in [9.17, 15) is 0 Å². The Hall–Kier alpha value is 0.500. The molecule has 1 aliphatic heterocycles. The third kappa shape index (κ3) is 0.980. The Morgan fingerprint density at radius 1 is 2.00 bits per heavy atom. The van der Waals surface area contributed by atoms with Gasteiger partial charge in [-0.25, -0.2) is 0 Å². The molecule has 1 rings (SSSR count). The van der Waals surface area contributed by atoms with Crippen molar-refractivity contribution in [1.82, 2.24) is 0 Å². The van der Waals surface area contributed by atoms with Crippen molar-refractivity contribution in [2.75, 3.05) is 0 Å². The van der Waals surface area contributed by atoms with E-state index in [2.05, 4.69) is 2.98 Å². The van der Waals surface area contributed by atoms with Crippen molar-refractivity contribution in [1.29, 1.82) is 0 Å². The van der Waals surface area contributed by atoms with Gasteiger partial charge in [-0.2, -0.15) is 0 Å². The van der Waals surface area contributed by atoms with Crippen LogP contribution in [-0.4, -0.2) is 38.4 Å². The summed E-state index contributed by atoms with van der Waals surface area (Å²) in [5.41, 5.74) is 0. The van der Waals surface area contributed by atoms with Crippen molar-refractivity contribution >= 4 is 29.4 Å². The fourth-order valence-electron chi connectivity index (χ4n) is 0.390. The van der Waals surface area contributed by atoms with Crippen LogP contribution in [0.1, 0.15) is 6.42 Å². The van der Waals surface area contributed by atoms with Gasteiger partial charge in [-0.3, -0.25) is 0 Å². The number of nitrogens with zero attached hydrogens (tertiary/aromatic N) is 1. The van der Waals surface area contributed by atoms with E-state index >= 15 is 0 Å². The maximum absolute atomic E-state index is 8.69. The molecule has 1 radical (unpaired) electrons. The van der Waals surface area contributed by atoms with Crippen molar-refractivity contribution in [2.45, 2.75) is 10.3 Å². The summed E-state index contributed by atoms with van der Waals surface area (Å²) in [5, 5.41) is 8.69. The normalized spacial score (nSPS) is 30.5. The van der Waals surface area contributed by atoms with Crippen LogP contribution >= 0.6 is 0 Å². The number of hydrogen-bond acceptors (Lipinski definition) is 2. The van der Waals surface area contributed by atoms with Gasteiger partial charge in [-0.05, 0) is 0 Å². The van der Waals surface area contributed by atoms with Gasteiger partial charge in [-0.1, -0.05) is 0 Å². The molecule has 1 N–H and O–H groups in total. The molecular weight excluding hydrogens is 181 g/mol. The molecule has 3 heteroatoms. The van der Waals surface area contributed by atoms with Crippen LogP contribution in [0.15, 0.2) is 2.98 Å². The molecule has 0 amide bonds. The van der Waals surface area contributed by atoms with Crippen LogP contribution in [-0.2, 0) is 0 Å². The van der Waals surface area contributed by atoms with E-state index in [1.807, 2.05) is 6.21 Å². The van der Waals surface area contributed by atoms with Crippen molar-refractivity contribution < 1.29 is 5.11 Å². The molecule has 0 aromatic carbocycles. The standard InChI is InChI=1S/C3H5NO.In/c4-2-1-3-5;/h2-3,5H,1H2;/q-1;+1. The second kappa shape index (κ2) is 1.98. The molecule has 1 unspecified atom stereocenters.